The fourth-order valence-electron chi connectivity index (χ4n) is 3.20. The van der Waals surface area contributed by atoms with Crippen molar-refractivity contribution in [1.82, 2.24) is 0 Å². The molecule has 4 heteroatoms. The average Bonchev–Trinajstić information content (AvgIpc) is 2.80. The summed E-state index contributed by atoms with van der Waals surface area (Å²) in [6.07, 6.45) is 15.8. The molecule has 3 unspecified atom stereocenters. The Hall–Kier alpha value is -1.42. The van der Waals surface area contributed by atoms with Crippen LogP contribution in [0.5, 0.6) is 0 Å². The second kappa shape index (κ2) is 12.0. The molecule has 0 bridgehead atoms. The molecule has 0 saturated heterocycles. The Bertz CT molecular complexity index is 439. The highest BCUT2D eigenvalue weighted by Crippen LogP contribution is 2.33. The van der Waals surface area contributed by atoms with Crippen molar-refractivity contribution in [1.29, 1.82) is 0 Å². The summed E-state index contributed by atoms with van der Waals surface area (Å²) in [7, 11) is 0. The molecule has 1 rings (SSSR count). The lowest BCUT2D eigenvalue weighted by Gasteiger charge is -2.15. The molecule has 24 heavy (non-hydrogen) atoms. The molecule has 0 aromatic heterocycles. The largest absolute Gasteiger partial charge is 0.481 e. The van der Waals surface area contributed by atoms with Crippen LogP contribution in [0.2, 0.25) is 0 Å². The van der Waals surface area contributed by atoms with Gasteiger partial charge in [-0.25, -0.2) is 0 Å². The SMILES string of the molecule is CCCCCC/C=C/C1C(O)CC(=O)C1C/C=C/CCCC(=O)O. The summed E-state index contributed by atoms with van der Waals surface area (Å²) in [6.45, 7) is 2.19. The number of aliphatic hydroxyl groups is 1. The van der Waals surface area contributed by atoms with Crippen LogP contribution in [0.4, 0.5) is 0 Å². The van der Waals surface area contributed by atoms with Gasteiger partial charge in [-0.1, -0.05) is 50.5 Å². The minimum Gasteiger partial charge on any atom is -0.481 e. The van der Waals surface area contributed by atoms with Crippen molar-refractivity contribution < 1.29 is 19.8 Å². The van der Waals surface area contributed by atoms with Crippen LogP contribution < -0.4 is 0 Å². The zero-order valence-electron chi connectivity index (χ0n) is 14.8. The van der Waals surface area contributed by atoms with Crippen LogP contribution in [0.25, 0.3) is 0 Å². The summed E-state index contributed by atoms with van der Waals surface area (Å²) in [6, 6.07) is 0. The van der Waals surface area contributed by atoms with E-state index in [9.17, 15) is 14.7 Å². The molecule has 1 aliphatic rings. The van der Waals surface area contributed by atoms with Gasteiger partial charge < -0.3 is 10.2 Å². The van der Waals surface area contributed by atoms with Crippen molar-refractivity contribution in [2.24, 2.45) is 11.8 Å². The second-order valence-electron chi connectivity index (χ2n) is 6.69. The van der Waals surface area contributed by atoms with Crippen LogP contribution in [-0.2, 0) is 9.59 Å². The average molecular weight is 336 g/mol. The first-order valence-corrected chi connectivity index (χ1v) is 9.30. The molecule has 1 aliphatic carbocycles. The topological polar surface area (TPSA) is 74.6 Å². The van der Waals surface area contributed by atoms with Crippen LogP contribution >= 0.6 is 0 Å². The van der Waals surface area contributed by atoms with E-state index < -0.39 is 12.1 Å². The number of carboxylic acid groups (broad SMARTS) is 1. The van der Waals surface area contributed by atoms with Crippen molar-refractivity contribution in [3.8, 4) is 0 Å². The van der Waals surface area contributed by atoms with Gasteiger partial charge in [-0.2, -0.15) is 0 Å². The summed E-state index contributed by atoms with van der Waals surface area (Å²) >= 11 is 0. The van der Waals surface area contributed by atoms with E-state index in [2.05, 4.69) is 13.0 Å². The first-order chi connectivity index (χ1) is 11.6. The van der Waals surface area contributed by atoms with E-state index >= 15 is 0 Å². The highest BCUT2D eigenvalue weighted by atomic mass is 16.4. The Morgan fingerprint density at radius 3 is 2.58 bits per heavy atom. The first kappa shape index (κ1) is 20.6. The molecule has 0 aromatic rings. The number of carbonyl (C=O) groups excluding carboxylic acids is 1. The van der Waals surface area contributed by atoms with E-state index in [0.717, 1.165) is 12.8 Å². The van der Waals surface area contributed by atoms with Crippen molar-refractivity contribution in [3.05, 3.63) is 24.3 Å². The number of hydrogen-bond acceptors (Lipinski definition) is 3. The molecule has 0 spiro atoms. The summed E-state index contributed by atoms with van der Waals surface area (Å²) in [5.41, 5.74) is 0. The number of carbonyl (C=O) groups is 2. The highest BCUT2D eigenvalue weighted by Gasteiger charge is 2.38. The zero-order chi connectivity index (χ0) is 17.8. The van der Waals surface area contributed by atoms with Crippen LogP contribution in [0.1, 0.15) is 71.1 Å². The number of carboxylic acids is 1. The molecule has 1 fully saturated rings. The Balaban J connectivity index is 2.39. The smallest absolute Gasteiger partial charge is 0.303 e. The number of ketones is 1. The molecular formula is C20H32O4. The molecule has 0 aliphatic heterocycles. The van der Waals surface area contributed by atoms with Gasteiger partial charge >= 0.3 is 5.97 Å². The lowest BCUT2D eigenvalue weighted by atomic mass is 9.90. The molecule has 1 saturated carbocycles. The van der Waals surface area contributed by atoms with Gasteiger partial charge in [-0.05, 0) is 32.1 Å². The number of allylic oxidation sites excluding steroid dienone is 3. The van der Waals surface area contributed by atoms with Gasteiger partial charge in [-0.3, -0.25) is 9.59 Å². The summed E-state index contributed by atoms with van der Waals surface area (Å²) in [5, 5.41) is 18.7. The zero-order valence-corrected chi connectivity index (χ0v) is 14.8. The predicted octanol–water partition coefficient (Wildman–Crippen LogP) is 4.28. The fraction of sp³-hybridized carbons (Fsp3) is 0.700. The van der Waals surface area contributed by atoms with Crippen LogP contribution in [-0.4, -0.2) is 28.1 Å². The highest BCUT2D eigenvalue weighted by molar-refractivity contribution is 5.84. The molecule has 136 valence electrons. The number of hydrogen-bond donors (Lipinski definition) is 2. The van der Waals surface area contributed by atoms with Gasteiger partial charge in [0.05, 0.1) is 6.10 Å². The molecule has 0 aromatic carbocycles. The summed E-state index contributed by atoms with van der Waals surface area (Å²) in [4.78, 5) is 22.5. The Morgan fingerprint density at radius 1 is 1.12 bits per heavy atom. The predicted molar refractivity (Wildman–Crippen MR) is 95.8 cm³/mol. The normalized spacial score (nSPS) is 24.4. The molecule has 0 radical (unpaired) electrons. The molecule has 3 atom stereocenters. The number of aliphatic carboxylic acids is 1. The Labute approximate surface area is 145 Å². The van der Waals surface area contributed by atoms with Gasteiger partial charge in [-0.15, -0.1) is 0 Å². The van der Waals surface area contributed by atoms with Gasteiger partial charge in [0.25, 0.3) is 0 Å². The Kier molecular flexibility index (Phi) is 10.3. The maximum Gasteiger partial charge on any atom is 0.303 e. The van der Waals surface area contributed by atoms with Crippen molar-refractivity contribution in [2.75, 3.05) is 0 Å². The third kappa shape index (κ3) is 7.91. The van der Waals surface area contributed by atoms with Crippen LogP contribution in [0.3, 0.4) is 0 Å². The van der Waals surface area contributed by atoms with E-state index in [-0.39, 0.29) is 30.5 Å². The fourth-order valence-corrected chi connectivity index (χ4v) is 3.20. The number of aliphatic hydroxyl groups excluding tert-OH is 1. The molecule has 0 amide bonds. The van der Waals surface area contributed by atoms with Crippen molar-refractivity contribution in [2.45, 2.75) is 77.2 Å². The lowest BCUT2D eigenvalue weighted by Crippen LogP contribution is -2.17. The summed E-state index contributed by atoms with van der Waals surface area (Å²) < 4.78 is 0. The van der Waals surface area contributed by atoms with Gasteiger partial charge in [0.2, 0.25) is 0 Å². The van der Waals surface area contributed by atoms with Crippen LogP contribution in [0, 0.1) is 11.8 Å². The lowest BCUT2D eigenvalue weighted by molar-refractivity contribution is -0.137. The summed E-state index contributed by atoms with van der Waals surface area (Å²) in [5.74, 6) is -0.852. The number of rotatable bonds is 12. The minimum absolute atomic E-state index is 0.0765. The number of Topliss-reactive ketones (excluding diaryl/α,β-unsaturated/α-hetero) is 1. The van der Waals surface area contributed by atoms with Crippen LogP contribution in [0.15, 0.2) is 24.3 Å². The first-order valence-electron chi connectivity index (χ1n) is 9.30. The van der Waals surface area contributed by atoms with Gasteiger partial charge in [0.15, 0.2) is 0 Å². The van der Waals surface area contributed by atoms with E-state index in [4.69, 9.17) is 5.11 Å². The van der Waals surface area contributed by atoms with E-state index in [1.54, 1.807) is 0 Å². The maximum absolute atomic E-state index is 12.1. The van der Waals surface area contributed by atoms with E-state index in [0.29, 0.717) is 19.3 Å². The maximum atomic E-state index is 12.1. The van der Waals surface area contributed by atoms with Gasteiger partial charge in [0, 0.05) is 24.7 Å². The standard InChI is InChI=1S/C20H32O4/c1-2-3-4-5-6-9-12-16-17(19(22)15-18(16)21)13-10-7-8-11-14-20(23)24/h7,9-10,12,16-18,21H,2-6,8,11,13-15H2,1H3,(H,23,24)/b10-7+,12-9+. The van der Waals surface area contributed by atoms with E-state index in [1.165, 1.54) is 19.3 Å². The van der Waals surface area contributed by atoms with Crippen molar-refractivity contribution in [3.63, 3.8) is 0 Å². The molecule has 0 heterocycles. The number of unbranched alkanes of at least 4 members (excludes halogenated alkanes) is 5. The third-order valence-electron chi connectivity index (χ3n) is 4.63. The third-order valence-corrected chi connectivity index (χ3v) is 4.63. The molecular weight excluding hydrogens is 304 g/mol. The quantitative estimate of drug-likeness (QED) is 0.412. The van der Waals surface area contributed by atoms with E-state index in [1.807, 2.05) is 18.2 Å². The monoisotopic (exact) mass is 336 g/mol. The Morgan fingerprint density at radius 2 is 1.88 bits per heavy atom. The second-order valence-corrected chi connectivity index (χ2v) is 6.69. The van der Waals surface area contributed by atoms with Gasteiger partial charge in [0.1, 0.15) is 5.78 Å². The molecule has 4 nitrogen and oxygen atoms in total. The minimum atomic E-state index is -0.776. The van der Waals surface area contributed by atoms with Crippen molar-refractivity contribution >= 4 is 11.8 Å². The molecule has 2 N–H and O–H groups in total.